The molecule has 1 aromatic rings. The van der Waals surface area contributed by atoms with Crippen LogP contribution in [0.15, 0.2) is 18.2 Å². The molecule has 3 heteroatoms. The zero-order valence-electron chi connectivity index (χ0n) is 9.67. The van der Waals surface area contributed by atoms with Crippen molar-refractivity contribution in [1.29, 1.82) is 0 Å². The third-order valence-electron chi connectivity index (χ3n) is 2.33. The molecule has 84 valence electrons. The molecule has 0 radical (unpaired) electrons. The van der Waals surface area contributed by atoms with Gasteiger partial charge in [-0.1, -0.05) is 18.2 Å². The highest BCUT2D eigenvalue weighted by molar-refractivity contribution is 5.41. The molecule has 0 aliphatic heterocycles. The summed E-state index contributed by atoms with van der Waals surface area (Å²) in [7, 11) is 5.35. The lowest BCUT2D eigenvalue weighted by Gasteiger charge is -2.12. The smallest absolute Gasteiger partial charge is 0.127 e. The number of benzene rings is 1. The molecule has 0 aliphatic carbocycles. The van der Waals surface area contributed by atoms with Gasteiger partial charge in [0.15, 0.2) is 0 Å². The summed E-state index contributed by atoms with van der Waals surface area (Å²) in [5.41, 5.74) is 2.33. The summed E-state index contributed by atoms with van der Waals surface area (Å²) >= 11 is 0. The summed E-state index contributed by atoms with van der Waals surface area (Å²) in [6.07, 6.45) is 0.969. The Morgan fingerprint density at radius 2 is 1.93 bits per heavy atom. The van der Waals surface area contributed by atoms with E-state index in [9.17, 15) is 0 Å². The Bertz CT molecular complexity index is 300. The van der Waals surface area contributed by atoms with Gasteiger partial charge in [-0.05, 0) is 25.6 Å². The topological polar surface area (TPSA) is 30.5 Å². The normalized spacial score (nSPS) is 10.3. The highest BCUT2D eigenvalue weighted by Gasteiger charge is 2.07. The molecule has 1 N–H and O–H groups in total. The maximum Gasteiger partial charge on any atom is 0.127 e. The zero-order chi connectivity index (χ0) is 11.1. The number of rotatable bonds is 6. The fraction of sp³-hybridized carbons (Fsp3) is 0.500. The van der Waals surface area contributed by atoms with Crippen molar-refractivity contribution in [2.24, 2.45) is 0 Å². The first-order chi connectivity index (χ1) is 7.33. The Kier molecular flexibility index (Phi) is 5.15. The number of ether oxygens (including phenoxy) is 2. The molecule has 0 spiro atoms. The van der Waals surface area contributed by atoms with Gasteiger partial charge in [0.25, 0.3) is 0 Å². The van der Waals surface area contributed by atoms with Crippen molar-refractivity contribution in [2.45, 2.75) is 13.0 Å². The van der Waals surface area contributed by atoms with Crippen LogP contribution in [0.5, 0.6) is 5.75 Å². The van der Waals surface area contributed by atoms with E-state index < -0.39 is 0 Å². The van der Waals surface area contributed by atoms with Crippen molar-refractivity contribution >= 4 is 0 Å². The summed E-state index contributed by atoms with van der Waals surface area (Å²) in [6.45, 7) is 1.55. The highest BCUT2D eigenvalue weighted by Crippen LogP contribution is 2.24. The SMILES string of the molecule is CNCCc1cccc(COC)c1OC. The zero-order valence-corrected chi connectivity index (χ0v) is 9.67. The van der Waals surface area contributed by atoms with Crippen molar-refractivity contribution < 1.29 is 9.47 Å². The van der Waals surface area contributed by atoms with Crippen molar-refractivity contribution in [1.82, 2.24) is 5.32 Å². The van der Waals surface area contributed by atoms with Crippen LogP contribution in [0, 0.1) is 0 Å². The second-order valence-corrected chi connectivity index (χ2v) is 3.40. The maximum absolute atomic E-state index is 5.42. The van der Waals surface area contributed by atoms with Gasteiger partial charge in [0.05, 0.1) is 13.7 Å². The minimum atomic E-state index is 0.594. The summed E-state index contributed by atoms with van der Waals surface area (Å²) < 4.78 is 10.6. The molecule has 0 saturated heterocycles. The van der Waals surface area contributed by atoms with Gasteiger partial charge in [-0.15, -0.1) is 0 Å². The van der Waals surface area contributed by atoms with Crippen LogP contribution in [0.4, 0.5) is 0 Å². The summed E-state index contributed by atoms with van der Waals surface area (Å²) in [5, 5.41) is 3.13. The van der Waals surface area contributed by atoms with Gasteiger partial charge in [0, 0.05) is 12.7 Å². The molecule has 3 nitrogen and oxygen atoms in total. The van der Waals surface area contributed by atoms with Crippen LogP contribution >= 0.6 is 0 Å². The minimum Gasteiger partial charge on any atom is -0.496 e. The molecular formula is C12H19NO2. The standard InChI is InChI=1S/C12H19NO2/c1-13-8-7-10-5-4-6-11(9-14-2)12(10)15-3/h4-6,13H,7-9H2,1-3H3. The van der Waals surface area contributed by atoms with E-state index in [1.807, 2.05) is 19.2 Å². The Morgan fingerprint density at radius 3 is 2.53 bits per heavy atom. The third-order valence-corrected chi connectivity index (χ3v) is 2.33. The highest BCUT2D eigenvalue weighted by atomic mass is 16.5. The van der Waals surface area contributed by atoms with Crippen LogP contribution in [0.3, 0.4) is 0 Å². The molecule has 15 heavy (non-hydrogen) atoms. The number of hydrogen-bond acceptors (Lipinski definition) is 3. The van der Waals surface area contributed by atoms with Crippen molar-refractivity contribution in [3.63, 3.8) is 0 Å². The Balaban J connectivity index is 2.88. The number of nitrogens with one attached hydrogen (secondary N) is 1. The van der Waals surface area contributed by atoms with Crippen molar-refractivity contribution in [3.05, 3.63) is 29.3 Å². The van der Waals surface area contributed by atoms with E-state index in [1.165, 1.54) is 5.56 Å². The van der Waals surface area contributed by atoms with Gasteiger partial charge < -0.3 is 14.8 Å². The predicted molar refractivity (Wildman–Crippen MR) is 61.3 cm³/mol. The van der Waals surface area contributed by atoms with Gasteiger partial charge >= 0.3 is 0 Å². The first-order valence-corrected chi connectivity index (χ1v) is 5.11. The number of hydrogen-bond donors (Lipinski definition) is 1. The molecule has 0 heterocycles. The van der Waals surface area contributed by atoms with Crippen molar-refractivity contribution in [2.75, 3.05) is 27.8 Å². The van der Waals surface area contributed by atoms with Crippen LogP contribution in [-0.4, -0.2) is 27.8 Å². The average Bonchev–Trinajstić information content (AvgIpc) is 2.27. The Hall–Kier alpha value is -1.06. The first kappa shape index (κ1) is 12.0. The fourth-order valence-electron chi connectivity index (χ4n) is 1.63. The van der Waals surface area contributed by atoms with E-state index in [-0.39, 0.29) is 0 Å². The quantitative estimate of drug-likeness (QED) is 0.772. The van der Waals surface area contributed by atoms with Crippen LogP contribution < -0.4 is 10.1 Å². The molecule has 0 atom stereocenters. The first-order valence-electron chi connectivity index (χ1n) is 5.11. The monoisotopic (exact) mass is 209 g/mol. The number of likely N-dealkylation sites (N-methyl/N-ethyl adjacent to an activating group) is 1. The van der Waals surface area contributed by atoms with E-state index >= 15 is 0 Å². The van der Waals surface area contributed by atoms with E-state index in [0.717, 1.165) is 24.3 Å². The maximum atomic E-state index is 5.42. The number of para-hydroxylation sites is 1. The second kappa shape index (κ2) is 6.43. The van der Waals surface area contributed by atoms with Crippen molar-refractivity contribution in [3.8, 4) is 5.75 Å². The van der Waals surface area contributed by atoms with E-state index in [1.54, 1.807) is 14.2 Å². The average molecular weight is 209 g/mol. The second-order valence-electron chi connectivity index (χ2n) is 3.40. The molecule has 1 rings (SSSR count). The Morgan fingerprint density at radius 1 is 1.20 bits per heavy atom. The third kappa shape index (κ3) is 3.22. The van der Waals surface area contributed by atoms with Crippen LogP contribution in [0.1, 0.15) is 11.1 Å². The van der Waals surface area contributed by atoms with Gasteiger partial charge in [-0.25, -0.2) is 0 Å². The Labute approximate surface area is 91.4 Å². The van der Waals surface area contributed by atoms with Gasteiger partial charge in [0.1, 0.15) is 5.75 Å². The summed E-state index contributed by atoms with van der Waals surface area (Å²) in [4.78, 5) is 0. The molecule has 0 amide bonds. The van der Waals surface area contributed by atoms with E-state index in [4.69, 9.17) is 9.47 Å². The van der Waals surface area contributed by atoms with Gasteiger partial charge in [0.2, 0.25) is 0 Å². The summed E-state index contributed by atoms with van der Waals surface area (Å²) in [5.74, 6) is 0.953. The van der Waals surface area contributed by atoms with E-state index in [0.29, 0.717) is 6.61 Å². The molecule has 0 unspecified atom stereocenters. The molecule has 0 fully saturated rings. The lowest BCUT2D eigenvalue weighted by atomic mass is 10.1. The molecular weight excluding hydrogens is 190 g/mol. The van der Waals surface area contributed by atoms with Crippen LogP contribution in [0.2, 0.25) is 0 Å². The van der Waals surface area contributed by atoms with Crippen LogP contribution in [0.25, 0.3) is 0 Å². The molecule has 1 aromatic carbocycles. The molecule has 0 saturated carbocycles. The van der Waals surface area contributed by atoms with E-state index in [2.05, 4.69) is 11.4 Å². The largest absolute Gasteiger partial charge is 0.496 e. The van der Waals surface area contributed by atoms with Crippen LogP contribution in [-0.2, 0) is 17.8 Å². The lowest BCUT2D eigenvalue weighted by molar-refractivity contribution is 0.181. The predicted octanol–water partition coefficient (Wildman–Crippen LogP) is 1.60. The summed E-state index contributed by atoms with van der Waals surface area (Å²) in [6, 6.07) is 6.17. The molecule has 0 bridgehead atoms. The minimum absolute atomic E-state index is 0.594. The molecule has 0 aromatic heterocycles. The number of methoxy groups -OCH3 is 2. The molecule has 0 aliphatic rings. The fourth-order valence-corrected chi connectivity index (χ4v) is 1.63. The van der Waals surface area contributed by atoms with Gasteiger partial charge in [-0.3, -0.25) is 0 Å². The lowest BCUT2D eigenvalue weighted by Crippen LogP contribution is -2.11. The van der Waals surface area contributed by atoms with Gasteiger partial charge in [-0.2, -0.15) is 0 Å².